The quantitative estimate of drug-likeness (QED) is 0.793. The summed E-state index contributed by atoms with van der Waals surface area (Å²) in [7, 11) is 0. The van der Waals surface area contributed by atoms with Gasteiger partial charge in [-0.25, -0.2) is 0 Å². The van der Waals surface area contributed by atoms with Crippen LogP contribution in [0.5, 0.6) is 0 Å². The molecule has 0 fully saturated rings. The van der Waals surface area contributed by atoms with Crippen molar-refractivity contribution in [2.45, 2.75) is 12.8 Å². The highest BCUT2D eigenvalue weighted by Gasteiger charge is 2.05. The van der Waals surface area contributed by atoms with Crippen LogP contribution in [0.3, 0.4) is 0 Å². The number of amides is 1. The molecule has 1 heterocycles. The largest absolute Gasteiger partial charge is 0.361 e. The molecule has 0 aliphatic rings. The van der Waals surface area contributed by atoms with Crippen molar-refractivity contribution in [1.82, 2.24) is 10.3 Å². The average Bonchev–Trinajstić information content (AvgIpc) is 2.72. The van der Waals surface area contributed by atoms with Crippen molar-refractivity contribution >= 4 is 40.8 Å². The van der Waals surface area contributed by atoms with Gasteiger partial charge >= 0.3 is 0 Å². The van der Waals surface area contributed by atoms with Gasteiger partial charge in [0.05, 0.1) is 0 Å². The van der Waals surface area contributed by atoms with Crippen LogP contribution in [0.15, 0.2) is 24.4 Å². The molecule has 1 aromatic carbocycles. The van der Waals surface area contributed by atoms with Crippen LogP contribution in [0.25, 0.3) is 10.9 Å². The van der Waals surface area contributed by atoms with Crippen molar-refractivity contribution in [2.24, 2.45) is 5.73 Å². The predicted molar refractivity (Wildman–Crippen MR) is 80.9 cm³/mol. The summed E-state index contributed by atoms with van der Waals surface area (Å²) in [6, 6.07) is 5.74. The number of halogens is 2. The number of H-pyrrole nitrogens is 1. The van der Waals surface area contributed by atoms with Gasteiger partial charge < -0.3 is 16.0 Å². The SMILES string of the molecule is Cl.NCCC(=O)NCCc1c[nH]c2ccc(Cl)cc12. The van der Waals surface area contributed by atoms with E-state index in [2.05, 4.69) is 10.3 Å². The van der Waals surface area contributed by atoms with Gasteiger partial charge in [0.15, 0.2) is 0 Å². The highest BCUT2D eigenvalue weighted by molar-refractivity contribution is 6.31. The fourth-order valence-corrected chi connectivity index (χ4v) is 2.09. The Kier molecular flexibility index (Phi) is 6.15. The van der Waals surface area contributed by atoms with Crippen LogP contribution >= 0.6 is 24.0 Å². The lowest BCUT2D eigenvalue weighted by molar-refractivity contribution is -0.120. The Morgan fingerprint density at radius 1 is 1.42 bits per heavy atom. The number of nitrogens with one attached hydrogen (secondary N) is 2. The Bertz CT molecular complexity index is 554. The number of hydrogen-bond acceptors (Lipinski definition) is 2. The first-order valence-corrected chi connectivity index (χ1v) is 6.31. The third-order valence-electron chi connectivity index (χ3n) is 2.82. The molecule has 1 amide bonds. The second kappa shape index (κ2) is 7.38. The average molecular weight is 302 g/mol. The maximum atomic E-state index is 11.3. The zero-order chi connectivity index (χ0) is 13.0. The molecule has 1 aromatic heterocycles. The topological polar surface area (TPSA) is 70.9 Å². The first kappa shape index (κ1) is 15.8. The number of rotatable bonds is 5. The summed E-state index contributed by atoms with van der Waals surface area (Å²) in [4.78, 5) is 14.5. The van der Waals surface area contributed by atoms with E-state index in [9.17, 15) is 4.79 Å². The van der Waals surface area contributed by atoms with Crippen LogP contribution in [-0.2, 0) is 11.2 Å². The van der Waals surface area contributed by atoms with Crippen molar-refractivity contribution in [2.75, 3.05) is 13.1 Å². The molecule has 0 spiro atoms. The maximum Gasteiger partial charge on any atom is 0.221 e. The summed E-state index contributed by atoms with van der Waals surface area (Å²) in [6.45, 7) is 0.993. The number of carbonyl (C=O) groups is 1. The normalized spacial score (nSPS) is 10.2. The minimum Gasteiger partial charge on any atom is -0.361 e. The van der Waals surface area contributed by atoms with Gasteiger partial charge in [0.2, 0.25) is 5.91 Å². The molecule has 0 bridgehead atoms. The molecule has 0 saturated carbocycles. The lowest BCUT2D eigenvalue weighted by atomic mass is 10.1. The lowest BCUT2D eigenvalue weighted by Crippen LogP contribution is -2.27. The molecule has 0 saturated heterocycles. The van der Waals surface area contributed by atoms with Crippen molar-refractivity contribution < 1.29 is 4.79 Å². The van der Waals surface area contributed by atoms with Crippen LogP contribution in [0.2, 0.25) is 5.02 Å². The van der Waals surface area contributed by atoms with E-state index < -0.39 is 0 Å². The Hall–Kier alpha value is -1.23. The standard InChI is InChI=1S/C13H16ClN3O.ClH/c14-10-1-2-12-11(7-10)9(8-17-12)4-6-16-13(18)3-5-15;/h1-2,7-8,17H,3-6,15H2,(H,16,18);1H. The van der Waals surface area contributed by atoms with E-state index >= 15 is 0 Å². The molecule has 0 radical (unpaired) electrons. The van der Waals surface area contributed by atoms with Crippen LogP contribution in [0.4, 0.5) is 0 Å². The fourth-order valence-electron chi connectivity index (χ4n) is 1.91. The molecule has 104 valence electrons. The Morgan fingerprint density at radius 3 is 2.95 bits per heavy atom. The summed E-state index contributed by atoms with van der Waals surface area (Å²) in [5, 5.41) is 4.66. The molecule has 4 nitrogen and oxygen atoms in total. The molecule has 0 aliphatic heterocycles. The third kappa shape index (κ3) is 4.13. The first-order valence-electron chi connectivity index (χ1n) is 5.93. The smallest absolute Gasteiger partial charge is 0.221 e. The number of nitrogens with two attached hydrogens (primary N) is 1. The number of carbonyl (C=O) groups excluding carboxylic acids is 1. The Labute approximate surface area is 123 Å². The van der Waals surface area contributed by atoms with Gasteiger partial charge in [-0.3, -0.25) is 4.79 Å². The highest BCUT2D eigenvalue weighted by atomic mass is 35.5. The molecule has 0 atom stereocenters. The number of fused-ring (bicyclic) bond motifs is 1. The zero-order valence-electron chi connectivity index (χ0n) is 10.4. The fraction of sp³-hybridized carbons (Fsp3) is 0.308. The number of benzene rings is 1. The Morgan fingerprint density at radius 2 is 2.21 bits per heavy atom. The molecule has 0 aliphatic carbocycles. The minimum absolute atomic E-state index is 0. The molecule has 4 N–H and O–H groups in total. The Balaban J connectivity index is 0.00000180. The second-order valence-corrected chi connectivity index (χ2v) is 4.58. The van der Waals surface area contributed by atoms with E-state index in [1.54, 1.807) is 0 Å². The number of hydrogen-bond donors (Lipinski definition) is 3. The predicted octanol–water partition coefficient (Wildman–Crippen LogP) is 2.25. The minimum atomic E-state index is -0.00428. The van der Waals surface area contributed by atoms with Gasteiger partial charge in [-0.1, -0.05) is 11.6 Å². The molecule has 2 rings (SSSR count). The van der Waals surface area contributed by atoms with Gasteiger partial charge in [0, 0.05) is 41.6 Å². The van der Waals surface area contributed by atoms with Crippen LogP contribution < -0.4 is 11.1 Å². The molecule has 2 aromatic rings. The van der Waals surface area contributed by atoms with E-state index in [1.165, 1.54) is 0 Å². The van der Waals surface area contributed by atoms with E-state index in [0.717, 1.165) is 27.9 Å². The van der Waals surface area contributed by atoms with E-state index in [-0.39, 0.29) is 18.3 Å². The van der Waals surface area contributed by atoms with Gasteiger partial charge in [0.1, 0.15) is 0 Å². The van der Waals surface area contributed by atoms with Gasteiger partial charge in [-0.2, -0.15) is 0 Å². The van der Waals surface area contributed by atoms with E-state index in [4.69, 9.17) is 17.3 Å². The monoisotopic (exact) mass is 301 g/mol. The van der Waals surface area contributed by atoms with Crippen LogP contribution in [0.1, 0.15) is 12.0 Å². The maximum absolute atomic E-state index is 11.3. The van der Waals surface area contributed by atoms with Crippen molar-refractivity contribution in [3.05, 3.63) is 35.0 Å². The van der Waals surface area contributed by atoms with E-state index in [0.29, 0.717) is 19.5 Å². The molecular weight excluding hydrogens is 285 g/mol. The molecule has 0 unspecified atom stereocenters. The number of aromatic nitrogens is 1. The van der Waals surface area contributed by atoms with Crippen molar-refractivity contribution in [3.63, 3.8) is 0 Å². The third-order valence-corrected chi connectivity index (χ3v) is 3.05. The molecular formula is C13H17Cl2N3O. The van der Waals surface area contributed by atoms with Gasteiger partial charge in [0.25, 0.3) is 0 Å². The van der Waals surface area contributed by atoms with Crippen molar-refractivity contribution in [3.8, 4) is 0 Å². The van der Waals surface area contributed by atoms with Gasteiger partial charge in [-0.15, -0.1) is 12.4 Å². The first-order chi connectivity index (χ1) is 8.70. The van der Waals surface area contributed by atoms with Gasteiger partial charge in [-0.05, 0) is 30.2 Å². The summed E-state index contributed by atoms with van der Waals surface area (Å²) >= 11 is 5.98. The van der Waals surface area contributed by atoms with E-state index in [1.807, 2.05) is 24.4 Å². The summed E-state index contributed by atoms with van der Waals surface area (Å²) < 4.78 is 0. The van der Waals surface area contributed by atoms with Crippen LogP contribution in [0, 0.1) is 0 Å². The second-order valence-electron chi connectivity index (χ2n) is 4.14. The van der Waals surface area contributed by atoms with Crippen LogP contribution in [-0.4, -0.2) is 24.0 Å². The summed E-state index contributed by atoms with van der Waals surface area (Å²) in [5.74, 6) is -0.00428. The zero-order valence-corrected chi connectivity index (χ0v) is 12.0. The summed E-state index contributed by atoms with van der Waals surface area (Å²) in [6.07, 6.45) is 3.10. The molecule has 19 heavy (non-hydrogen) atoms. The summed E-state index contributed by atoms with van der Waals surface area (Å²) in [5.41, 5.74) is 7.52. The van der Waals surface area contributed by atoms with Crippen molar-refractivity contribution in [1.29, 1.82) is 0 Å². The number of aromatic amines is 1. The molecule has 6 heteroatoms. The lowest BCUT2D eigenvalue weighted by Gasteiger charge is -2.03. The highest BCUT2D eigenvalue weighted by Crippen LogP contribution is 2.22.